The van der Waals surface area contributed by atoms with E-state index in [1.54, 1.807) is 0 Å². The van der Waals surface area contributed by atoms with E-state index in [1.807, 2.05) is 6.92 Å². The fraction of sp³-hybridized carbons (Fsp3) is 1.00. The first-order valence-electron chi connectivity index (χ1n) is 4.70. The normalized spacial score (nSPS) is 27.1. The smallest absolute Gasteiger partial charge is 0.209 e. The molecule has 1 heterocycles. The summed E-state index contributed by atoms with van der Waals surface area (Å²) in [6, 6.07) is 0. The van der Waals surface area contributed by atoms with Crippen molar-refractivity contribution < 1.29 is 8.42 Å². The molecule has 1 rings (SSSR count). The number of primary sulfonamides is 1. The Labute approximate surface area is 79.9 Å². The average molecular weight is 206 g/mol. The zero-order valence-electron chi connectivity index (χ0n) is 7.99. The zero-order chi connectivity index (χ0) is 9.90. The summed E-state index contributed by atoms with van der Waals surface area (Å²) in [6.45, 7) is 3.94. The maximum Gasteiger partial charge on any atom is 0.209 e. The summed E-state index contributed by atoms with van der Waals surface area (Å²) >= 11 is 0. The third-order valence-corrected chi connectivity index (χ3v) is 3.63. The van der Waals surface area contributed by atoms with Crippen molar-refractivity contribution in [3.05, 3.63) is 0 Å². The van der Waals surface area contributed by atoms with E-state index in [0.717, 1.165) is 25.9 Å². The molecule has 5 heteroatoms. The highest BCUT2D eigenvalue weighted by Gasteiger charge is 2.22. The minimum Gasteiger partial charge on any atom is -0.316 e. The van der Waals surface area contributed by atoms with Crippen molar-refractivity contribution in [1.82, 2.24) is 5.32 Å². The molecule has 1 saturated heterocycles. The molecule has 2 unspecified atom stereocenters. The van der Waals surface area contributed by atoms with Crippen molar-refractivity contribution in [2.24, 2.45) is 17.0 Å². The molecule has 0 spiro atoms. The van der Waals surface area contributed by atoms with Gasteiger partial charge in [0.2, 0.25) is 10.0 Å². The van der Waals surface area contributed by atoms with Crippen LogP contribution in [0.5, 0.6) is 0 Å². The van der Waals surface area contributed by atoms with Crippen LogP contribution in [0.3, 0.4) is 0 Å². The van der Waals surface area contributed by atoms with E-state index in [-0.39, 0.29) is 11.7 Å². The van der Waals surface area contributed by atoms with E-state index in [2.05, 4.69) is 5.32 Å². The van der Waals surface area contributed by atoms with Crippen LogP contribution in [0.2, 0.25) is 0 Å². The van der Waals surface area contributed by atoms with Crippen molar-refractivity contribution >= 4 is 10.0 Å². The molecular weight excluding hydrogens is 188 g/mol. The SMILES string of the molecule is CC(CS(N)(=O)=O)C1CCCNC1. The molecule has 0 aromatic heterocycles. The second-order valence-corrected chi connectivity index (χ2v) is 5.57. The molecule has 78 valence electrons. The first-order chi connectivity index (χ1) is 5.99. The number of hydrogen-bond donors (Lipinski definition) is 2. The summed E-state index contributed by atoms with van der Waals surface area (Å²) in [7, 11) is -3.30. The van der Waals surface area contributed by atoms with Crippen LogP contribution in [0.1, 0.15) is 19.8 Å². The molecule has 0 amide bonds. The van der Waals surface area contributed by atoms with Crippen LogP contribution in [-0.2, 0) is 10.0 Å². The van der Waals surface area contributed by atoms with Gasteiger partial charge < -0.3 is 5.32 Å². The Morgan fingerprint density at radius 3 is 2.77 bits per heavy atom. The van der Waals surface area contributed by atoms with Gasteiger partial charge in [0.05, 0.1) is 5.75 Å². The Kier molecular flexibility index (Phi) is 3.70. The van der Waals surface area contributed by atoms with Crippen LogP contribution in [0.4, 0.5) is 0 Å². The summed E-state index contributed by atoms with van der Waals surface area (Å²) in [5, 5.41) is 8.26. The third-order valence-electron chi connectivity index (χ3n) is 2.63. The fourth-order valence-electron chi connectivity index (χ4n) is 1.87. The fourth-order valence-corrected chi connectivity index (χ4v) is 2.87. The average Bonchev–Trinajstić information content (AvgIpc) is 2.03. The third kappa shape index (κ3) is 4.06. The molecule has 0 aliphatic carbocycles. The van der Waals surface area contributed by atoms with Crippen LogP contribution in [-0.4, -0.2) is 27.3 Å². The standard InChI is InChI=1S/C8H18N2O2S/c1-7(6-13(9,11)12)8-3-2-4-10-5-8/h7-8,10H,2-6H2,1H3,(H2,9,11,12). The summed E-state index contributed by atoms with van der Waals surface area (Å²) in [6.07, 6.45) is 2.25. The Morgan fingerprint density at radius 1 is 1.62 bits per heavy atom. The highest BCUT2D eigenvalue weighted by atomic mass is 32.2. The molecule has 13 heavy (non-hydrogen) atoms. The Bertz CT molecular complexity index is 245. The molecule has 1 fully saturated rings. The Hall–Kier alpha value is -0.130. The van der Waals surface area contributed by atoms with Gasteiger partial charge in [0.25, 0.3) is 0 Å². The number of piperidine rings is 1. The second-order valence-electron chi connectivity index (χ2n) is 3.91. The summed E-state index contributed by atoms with van der Waals surface area (Å²) in [5.41, 5.74) is 0. The number of rotatable bonds is 3. The van der Waals surface area contributed by atoms with Gasteiger partial charge in [0.15, 0.2) is 0 Å². The van der Waals surface area contributed by atoms with E-state index >= 15 is 0 Å². The highest BCUT2D eigenvalue weighted by Crippen LogP contribution is 2.20. The maximum absolute atomic E-state index is 10.8. The number of nitrogens with one attached hydrogen (secondary N) is 1. The molecule has 0 aromatic carbocycles. The topological polar surface area (TPSA) is 72.2 Å². The van der Waals surface area contributed by atoms with Crippen LogP contribution >= 0.6 is 0 Å². The Balaban J connectivity index is 2.42. The monoisotopic (exact) mass is 206 g/mol. The molecule has 3 N–H and O–H groups in total. The molecular formula is C8H18N2O2S. The van der Waals surface area contributed by atoms with Gasteiger partial charge in [-0.25, -0.2) is 13.6 Å². The van der Waals surface area contributed by atoms with Crippen LogP contribution in [0.15, 0.2) is 0 Å². The van der Waals surface area contributed by atoms with E-state index in [0.29, 0.717) is 5.92 Å². The van der Waals surface area contributed by atoms with Crippen molar-refractivity contribution in [3.8, 4) is 0 Å². The lowest BCUT2D eigenvalue weighted by Crippen LogP contribution is -2.36. The van der Waals surface area contributed by atoms with Crippen LogP contribution in [0, 0.1) is 11.8 Å². The molecule has 1 aliphatic rings. The van der Waals surface area contributed by atoms with E-state index < -0.39 is 10.0 Å². The number of sulfonamides is 1. The predicted molar refractivity (Wildman–Crippen MR) is 52.7 cm³/mol. The molecule has 2 atom stereocenters. The van der Waals surface area contributed by atoms with Gasteiger partial charge in [0, 0.05) is 0 Å². The summed E-state index contributed by atoms with van der Waals surface area (Å²) in [5.74, 6) is 0.745. The van der Waals surface area contributed by atoms with Gasteiger partial charge >= 0.3 is 0 Å². The maximum atomic E-state index is 10.8. The van der Waals surface area contributed by atoms with E-state index in [4.69, 9.17) is 5.14 Å². The van der Waals surface area contributed by atoms with Gasteiger partial charge in [-0.15, -0.1) is 0 Å². The zero-order valence-corrected chi connectivity index (χ0v) is 8.81. The second kappa shape index (κ2) is 4.39. The van der Waals surface area contributed by atoms with Crippen molar-refractivity contribution in [1.29, 1.82) is 0 Å². The lowest BCUT2D eigenvalue weighted by molar-refractivity contribution is 0.297. The largest absolute Gasteiger partial charge is 0.316 e. The van der Waals surface area contributed by atoms with Gasteiger partial charge in [-0.3, -0.25) is 0 Å². The molecule has 1 aliphatic heterocycles. The highest BCUT2D eigenvalue weighted by molar-refractivity contribution is 7.89. The van der Waals surface area contributed by atoms with Gasteiger partial charge in [0.1, 0.15) is 0 Å². The minimum absolute atomic E-state index is 0.110. The lowest BCUT2D eigenvalue weighted by atomic mass is 9.89. The molecule has 4 nitrogen and oxygen atoms in total. The van der Waals surface area contributed by atoms with E-state index in [9.17, 15) is 8.42 Å². The predicted octanol–water partition coefficient (Wildman–Crippen LogP) is -0.0894. The van der Waals surface area contributed by atoms with Crippen molar-refractivity contribution in [2.45, 2.75) is 19.8 Å². The molecule has 0 aromatic rings. The first kappa shape index (κ1) is 10.9. The first-order valence-corrected chi connectivity index (χ1v) is 6.42. The van der Waals surface area contributed by atoms with Gasteiger partial charge in [-0.2, -0.15) is 0 Å². The van der Waals surface area contributed by atoms with Crippen molar-refractivity contribution in [2.75, 3.05) is 18.8 Å². The van der Waals surface area contributed by atoms with Crippen LogP contribution < -0.4 is 10.5 Å². The molecule has 0 bridgehead atoms. The molecule has 0 radical (unpaired) electrons. The Morgan fingerprint density at radius 2 is 2.31 bits per heavy atom. The quantitative estimate of drug-likeness (QED) is 0.678. The van der Waals surface area contributed by atoms with Crippen molar-refractivity contribution in [3.63, 3.8) is 0 Å². The number of hydrogen-bond acceptors (Lipinski definition) is 3. The molecule has 0 saturated carbocycles. The van der Waals surface area contributed by atoms with Gasteiger partial charge in [-0.1, -0.05) is 6.92 Å². The number of nitrogens with two attached hydrogens (primary N) is 1. The van der Waals surface area contributed by atoms with Gasteiger partial charge in [-0.05, 0) is 37.8 Å². The summed E-state index contributed by atoms with van der Waals surface area (Å²) < 4.78 is 21.7. The summed E-state index contributed by atoms with van der Waals surface area (Å²) in [4.78, 5) is 0. The van der Waals surface area contributed by atoms with E-state index in [1.165, 1.54) is 0 Å². The van der Waals surface area contributed by atoms with Crippen LogP contribution in [0.25, 0.3) is 0 Å². The minimum atomic E-state index is -3.30. The lowest BCUT2D eigenvalue weighted by Gasteiger charge is -2.27.